The van der Waals surface area contributed by atoms with Gasteiger partial charge in [-0.3, -0.25) is 0 Å². The molecule has 1 aromatic heterocycles. The van der Waals surface area contributed by atoms with Crippen molar-refractivity contribution >= 4 is 6.09 Å². The highest BCUT2D eigenvalue weighted by molar-refractivity contribution is 5.67. The molecule has 0 aliphatic rings. The average Bonchev–Trinajstić information content (AvgIpc) is 2.39. The Hall–Kier alpha value is -2.00. The molecule has 0 saturated heterocycles. The number of alkyl halides is 6. The number of hydrogen-bond acceptors (Lipinski definition) is 3. The van der Waals surface area contributed by atoms with Gasteiger partial charge in [0, 0.05) is 12.2 Å². The van der Waals surface area contributed by atoms with Crippen LogP contribution in [0.1, 0.15) is 44.1 Å². The Morgan fingerprint density at radius 3 is 2.16 bits per heavy atom. The fourth-order valence-corrected chi connectivity index (χ4v) is 1.80. The van der Waals surface area contributed by atoms with E-state index in [0.717, 1.165) is 0 Å². The lowest BCUT2D eigenvalue weighted by molar-refractivity contribution is -0.145. The van der Waals surface area contributed by atoms with Crippen molar-refractivity contribution in [1.29, 1.82) is 0 Å². The van der Waals surface area contributed by atoms with Crippen LogP contribution in [0.15, 0.2) is 12.1 Å². The van der Waals surface area contributed by atoms with Gasteiger partial charge in [0.15, 0.2) is 0 Å². The number of aryl methyl sites for hydroxylation is 1. The van der Waals surface area contributed by atoms with E-state index in [-0.39, 0.29) is 31.1 Å². The summed E-state index contributed by atoms with van der Waals surface area (Å²) in [5.74, 6) is 0. The number of nitrogens with one attached hydrogen (secondary N) is 1. The quantitative estimate of drug-likeness (QED) is 0.622. The Morgan fingerprint density at radius 1 is 1.08 bits per heavy atom. The molecule has 0 aliphatic carbocycles. The average molecular weight is 372 g/mol. The first kappa shape index (κ1) is 21.0. The van der Waals surface area contributed by atoms with E-state index in [1.807, 2.05) is 0 Å². The van der Waals surface area contributed by atoms with E-state index in [2.05, 4.69) is 10.3 Å². The summed E-state index contributed by atoms with van der Waals surface area (Å²) in [5.41, 5.74) is -4.08. The zero-order valence-electron chi connectivity index (χ0n) is 13.8. The van der Waals surface area contributed by atoms with E-state index < -0.39 is 35.3 Å². The van der Waals surface area contributed by atoms with Gasteiger partial charge in [0.05, 0.1) is 5.56 Å². The number of carbonyl (C=O) groups is 1. The first-order valence-corrected chi connectivity index (χ1v) is 7.31. The molecule has 0 atom stereocenters. The Labute approximate surface area is 140 Å². The summed E-state index contributed by atoms with van der Waals surface area (Å²) in [4.78, 5) is 14.6. The number of halogens is 6. The van der Waals surface area contributed by atoms with Crippen LogP contribution in [0.2, 0.25) is 0 Å². The SMILES string of the molecule is CC(C)(C)OC(=O)NCCCc1cc(C(F)(F)F)cc(C(F)(F)F)n1. The molecular weight excluding hydrogens is 354 g/mol. The minimum Gasteiger partial charge on any atom is -0.444 e. The van der Waals surface area contributed by atoms with Crippen molar-refractivity contribution in [1.82, 2.24) is 10.3 Å². The van der Waals surface area contributed by atoms with Crippen LogP contribution in [0, 0.1) is 0 Å². The first-order chi connectivity index (χ1) is 11.2. The number of rotatable bonds is 4. The highest BCUT2D eigenvalue weighted by Crippen LogP contribution is 2.34. The van der Waals surface area contributed by atoms with Crippen LogP contribution >= 0.6 is 0 Å². The molecule has 0 spiro atoms. The van der Waals surface area contributed by atoms with E-state index in [0.29, 0.717) is 6.07 Å². The summed E-state index contributed by atoms with van der Waals surface area (Å²) in [7, 11) is 0. The molecule has 0 aliphatic heterocycles. The van der Waals surface area contributed by atoms with Crippen LogP contribution in [-0.4, -0.2) is 23.2 Å². The van der Waals surface area contributed by atoms with Gasteiger partial charge in [-0.2, -0.15) is 26.3 Å². The molecule has 4 nitrogen and oxygen atoms in total. The maximum absolute atomic E-state index is 12.7. The molecule has 25 heavy (non-hydrogen) atoms. The molecule has 1 aromatic rings. The number of alkyl carbamates (subject to hydrolysis) is 1. The number of hydrogen-bond donors (Lipinski definition) is 1. The Morgan fingerprint density at radius 2 is 1.68 bits per heavy atom. The van der Waals surface area contributed by atoms with Gasteiger partial charge in [-0.25, -0.2) is 9.78 Å². The molecule has 0 radical (unpaired) electrons. The monoisotopic (exact) mass is 372 g/mol. The van der Waals surface area contributed by atoms with Gasteiger partial charge in [0.25, 0.3) is 0 Å². The topological polar surface area (TPSA) is 51.2 Å². The standard InChI is InChI=1S/C15H18F6N2O2/c1-13(2,3)25-12(24)22-6-4-5-10-7-9(14(16,17)18)8-11(23-10)15(19,20)21/h7-8H,4-6H2,1-3H3,(H,22,24). The number of nitrogens with zero attached hydrogens (tertiary/aromatic N) is 1. The summed E-state index contributed by atoms with van der Waals surface area (Å²) >= 11 is 0. The summed E-state index contributed by atoms with van der Waals surface area (Å²) < 4.78 is 81.2. The Kier molecular flexibility index (Phi) is 6.30. The van der Waals surface area contributed by atoms with Gasteiger partial charge in [-0.15, -0.1) is 0 Å². The molecule has 1 N–H and O–H groups in total. The number of ether oxygens (including phenoxy) is 1. The number of carbonyl (C=O) groups excluding carboxylic acids is 1. The fourth-order valence-electron chi connectivity index (χ4n) is 1.80. The molecule has 0 aromatic carbocycles. The second-order valence-corrected chi connectivity index (χ2v) is 6.26. The van der Waals surface area contributed by atoms with E-state index in [1.54, 1.807) is 20.8 Å². The van der Waals surface area contributed by atoms with Gasteiger partial charge in [0.2, 0.25) is 0 Å². The maximum Gasteiger partial charge on any atom is 0.433 e. The zero-order valence-corrected chi connectivity index (χ0v) is 13.8. The van der Waals surface area contributed by atoms with Gasteiger partial charge in [-0.05, 0) is 45.7 Å². The molecule has 0 bridgehead atoms. The number of aromatic nitrogens is 1. The van der Waals surface area contributed by atoms with Crippen molar-refractivity contribution in [3.05, 3.63) is 29.1 Å². The van der Waals surface area contributed by atoms with E-state index >= 15 is 0 Å². The minimum absolute atomic E-state index is 0.0220. The van der Waals surface area contributed by atoms with Crippen LogP contribution < -0.4 is 5.32 Å². The Bertz CT molecular complexity index is 573. The summed E-state index contributed by atoms with van der Waals surface area (Å²) in [5, 5.41) is 2.37. The fraction of sp³-hybridized carbons (Fsp3) is 0.600. The molecule has 0 saturated carbocycles. The van der Waals surface area contributed by atoms with Crippen molar-refractivity contribution in [2.45, 2.75) is 51.6 Å². The molecule has 0 unspecified atom stereocenters. The predicted octanol–water partition coefficient (Wildman–Crippen LogP) is 4.58. The highest BCUT2D eigenvalue weighted by atomic mass is 19.4. The van der Waals surface area contributed by atoms with Crippen LogP contribution in [0.4, 0.5) is 31.1 Å². The third-order valence-corrected chi connectivity index (χ3v) is 2.77. The molecule has 10 heteroatoms. The van der Waals surface area contributed by atoms with Gasteiger partial charge < -0.3 is 10.1 Å². The van der Waals surface area contributed by atoms with Crippen molar-refractivity contribution < 1.29 is 35.9 Å². The minimum atomic E-state index is -4.98. The smallest absolute Gasteiger partial charge is 0.433 e. The summed E-state index contributed by atoms with van der Waals surface area (Å²) in [6.07, 6.45) is -10.7. The van der Waals surface area contributed by atoms with Gasteiger partial charge in [-0.1, -0.05) is 0 Å². The van der Waals surface area contributed by atoms with Crippen LogP contribution in [0.3, 0.4) is 0 Å². The van der Waals surface area contributed by atoms with Crippen molar-refractivity contribution in [2.75, 3.05) is 6.54 Å². The molecule has 1 rings (SSSR count). The largest absolute Gasteiger partial charge is 0.444 e. The highest BCUT2D eigenvalue weighted by Gasteiger charge is 2.38. The lowest BCUT2D eigenvalue weighted by Gasteiger charge is -2.19. The van der Waals surface area contributed by atoms with Gasteiger partial charge in [0.1, 0.15) is 11.3 Å². The summed E-state index contributed by atoms with van der Waals surface area (Å²) in [6.45, 7) is 4.97. The number of pyridine rings is 1. The molecule has 1 heterocycles. The van der Waals surface area contributed by atoms with Crippen LogP contribution in [-0.2, 0) is 23.5 Å². The van der Waals surface area contributed by atoms with Crippen molar-refractivity contribution in [3.63, 3.8) is 0 Å². The predicted molar refractivity (Wildman–Crippen MR) is 76.8 cm³/mol. The normalized spacial score (nSPS) is 12.8. The lowest BCUT2D eigenvalue weighted by Crippen LogP contribution is -2.33. The van der Waals surface area contributed by atoms with Gasteiger partial charge >= 0.3 is 18.4 Å². The second kappa shape index (κ2) is 7.49. The maximum atomic E-state index is 12.7. The Balaban J connectivity index is 2.74. The van der Waals surface area contributed by atoms with Crippen molar-refractivity contribution in [2.24, 2.45) is 0 Å². The molecule has 1 amide bonds. The zero-order chi connectivity index (χ0) is 19.5. The van der Waals surface area contributed by atoms with E-state index in [9.17, 15) is 31.1 Å². The lowest BCUT2D eigenvalue weighted by atomic mass is 10.1. The molecule has 0 fully saturated rings. The van der Waals surface area contributed by atoms with Crippen molar-refractivity contribution in [3.8, 4) is 0 Å². The number of amides is 1. The van der Waals surface area contributed by atoms with E-state index in [4.69, 9.17) is 4.74 Å². The van der Waals surface area contributed by atoms with Crippen LogP contribution in [0.5, 0.6) is 0 Å². The third kappa shape index (κ3) is 7.61. The molecular formula is C15H18F6N2O2. The summed E-state index contributed by atoms with van der Waals surface area (Å²) in [6, 6.07) is 0.547. The third-order valence-electron chi connectivity index (χ3n) is 2.77. The van der Waals surface area contributed by atoms with E-state index in [1.165, 1.54) is 0 Å². The molecule has 142 valence electrons. The van der Waals surface area contributed by atoms with Crippen LogP contribution in [0.25, 0.3) is 0 Å². The second-order valence-electron chi connectivity index (χ2n) is 6.26. The first-order valence-electron chi connectivity index (χ1n) is 7.31.